The molecule has 1 aromatic carbocycles. The minimum Gasteiger partial charge on any atom is -0.399 e. The molecule has 3 heteroatoms. The van der Waals surface area contributed by atoms with Gasteiger partial charge in [-0.3, -0.25) is 4.90 Å². The second-order valence-corrected chi connectivity index (χ2v) is 4.85. The van der Waals surface area contributed by atoms with Crippen molar-refractivity contribution < 1.29 is 4.74 Å². The Morgan fingerprint density at radius 2 is 2.11 bits per heavy atom. The van der Waals surface area contributed by atoms with Gasteiger partial charge >= 0.3 is 0 Å². The monoisotopic (exact) mass is 250 g/mol. The van der Waals surface area contributed by atoms with Crippen LogP contribution in [0.25, 0.3) is 0 Å². The normalized spacial score (nSPS) is 12.9. The number of nitrogen functional groups attached to an aromatic ring is 1. The van der Waals surface area contributed by atoms with Gasteiger partial charge in [-0.1, -0.05) is 19.1 Å². The summed E-state index contributed by atoms with van der Waals surface area (Å²) in [4.78, 5) is 2.45. The van der Waals surface area contributed by atoms with Crippen LogP contribution < -0.4 is 5.73 Å². The van der Waals surface area contributed by atoms with Gasteiger partial charge in [0.2, 0.25) is 0 Å². The highest BCUT2D eigenvalue weighted by molar-refractivity contribution is 5.49. The van der Waals surface area contributed by atoms with E-state index in [-0.39, 0.29) is 0 Å². The van der Waals surface area contributed by atoms with Crippen molar-refractivity contribution >= 4 is 5.69 Å². The van der Waals surface area contributed by atoms with Crippen molar-refractivity contribution in [3.05, 3.63) is 29.3 Å². The van der Waals surface area contributed by atoms with Crippen LogP contribution in [-0.4, -0.2) is 31.2 Å². The molecule has 0 radical (unpaired) electrons. The summed E-state index contributed by atoms with van der Waals surface area (Å²) >= 11 is 0. The Bertz CT molecular complexity index is 366. The van der Waals surface area contributed by atoms with E-state index in [1.807, 2.05) is 12.1 Å². The predicted octanol–water partition coefficient (Wildman–Crippen LogP) is 2.82. The first-order valence-corrected chi connectivity index (χ1v) is 6.67. The Kier molecular flexibility index (Phi) is 6.16. The van der Waals surface area contributed by atoms with Crippen LogP contribution in [-0.2, 0) is 11.3 Å². The Morgan fingerprint density at radius 3 is 2.72 bits per heavy atom. The Balaban J connectivity index is 2.78. The third-order valence-electron chi connectivity index (χ3n) is 3.66. The van der Waals surface area contributed by atoms with E-state index in [0.29, 0.717) is 6.04 Å². The number of hydrogen-bond acceptors (Lipinski definition) is 3. The number of methoxy groups -OCH3 is 1. The number of rotatable bonds is 7. The fraction of sp³-hybridized carbons (Fsp3) is 0.600. The summed E-state index contributed by atoms with van der Waals surface area (Å²) in [6.07, 6.45) is 1.14. The fourth-order valence-electron chi connectivity index (χ4n) is 2.02. The number of hydrogen-bond donors (Lipinski definition) is 1. The minimum atomic E-state index is 0.556. The van der Waals surface area contributed by atoms with Crippen LogP contribution in [0.4, 0.5) is 5.69 Å². The molecule has 0 saturated carbocycles. The molecule has 0 bridgehead atoms. The van der Waals surface area contributed by atoms with E-state index >= 15 is 0 Å². The molecule has 18 heavy (non-hydrogen) atoms. The van der Waals surface area contributed by atoms with Crippen LogP contribution in [0.15, 0.2) is 18.2 Å². The zero-order valence-electron chi connectivity index (χ0n) is 12.1. The van der Waals surface area contributed by atoms with Gasteiger partial charge in [0, 0.05) is 31.9 Å². The molecule has 1 atom stereocenters. The van der Waals surface area contributed by atoms with Crippen molar-refractivity contribution in [1.82, 2.24) is 4.90 Å². The lowest BCUT2D eigenvalue weighted by molar-refractivity contribution is 0.118. The number of anilines is 1. The van der Waals surface area contributed by atoms with E-state index in [4.69, 9.17) is 10.5 Å². The third kappa shape index (κ3) is 4.00. The Labute approximate surface area is 111 Å². The van der Waals surface area contributed by atoms with E-state index in [1.54, 1.807) is 7.11 Å². The van der Waals surface area contributed by atoms with Crippen LogP contribution in [0.1, 0.15) is 31.4 Å². The highest BCUT2D eigenvalue weighted by Crippen LogP contribution is 2.18. The van der Waals surface area contributed by atoms with Crippen molar-refractivity contribution in [3.63, 3.8) is 0 Å². The zero-order valence-corrected chi connectivity index (χ0v) is 12.1. The van der Waals surface area contributed by atoms with Crippen LogP contribution >= 0.6 is 0 Å². The third-order valence-corrected chi connectivity index (χ3v) is 3.66. The molecule has 2 N–H and O–H groups in total. The highest BCUT2D eigenvalue weighted by atomic mass is 16.5. The van der Waals surface area contributed by atoms with Crippen LogP contribution in [0.2, 0.25) is 0 Å². The smallest absolute Gasteiger partial charge is 0.0589 e. The van der Waals surface area contributed by atoms with E-state index in [0.717, 1.165) is 31.8 Å². The first-order chi connectivity index (χ1) is 8.60. The maximum atomic E-state index is 5.96. The molecule has 0 fully saturated rings. The largest absolute Gasteiger partial charge is 0.399 e. The van der Waals surface area contributed by atoms with Crippen molar-refractivity contribution in [2.45, 2.75) is 39.8 Å². The van der Waals surface area contributed by atoms with Gasteiger partial charge in [-0.15, -0.1) is 0 Å². The predicted molar refractivity (Wildman–Crippen MR) is 77.6 cm³/mol. The van der Waals surface area contributed by atoms with Crippen molar-refractivity contribution in [3.8, 4) is 0 Å². The molecular formula is C15H26N2O. The lowest BCUT2D eigenvalue weighted by atomic mass is 10.1. The fourth-order valence-corrected chi connectivity index (χ4v) is 2.02. The molecule has 0 aliphatic heterocycles. The minimum absolute atomic E-state index is 0.556. The van der Waals surface area contributed by atoms with Crippen molar-refractivity contribution in [2.24, 2.45) is 0 Å². The molecule has 3 nitrogen and oxygen atoms in total. The second-order valence-electron chi connectivity index (χ2n) is 4.85. The summed E-state index contributed by atoms with van der Waals surface area (Å²) in [5, 5.41) is 0. The van der Waals surface area contributed by atoms with E-state index < -0.39 is 0 Å². The molecule has 1 unspecified atom stereocenters. The van der Waals surface area contributed by atoms with Gasteiger partial charge in [0.25, 0.3) is 0 Å². The van der Waals surface area contributed by atoms with Gasteiger partial charge in [-0.2, -0.15) is 0 Å². The van der Waals surface area contributed by atoms with Crippen molar-refractivity contribution in [2.75, 3.05) is 26.0 Å². The van der Waals surface area contributed by atoms with Gasteiger partial charge in [0.15, 0.2) is 0 Å². The average molecular weight is 250 g/mol. The standard InChI is InChI=1S/C15H26N2O/c1-5-12(2)17(9-10-18-4)11-14-7-6-8-15(16)13(14)3/h6-8,12H,5,9-11,16H2,1-4H3. The number of benzene rings is 1. The number of ether oxygens (including phenoxy) is 1. The molecule has 0 amide bonds. The Morgan fingerprint density at radius 1 is 1.39 bits per heavy atom. The van der Waals surface area contributed by atoms with Gasteiger partial charge in [-0.05, 0) is 37.5 Å². The average Bonchev–Trinajstić information content (AvgIpc) is 2.38. The van der Waals surface area contributed by atoms with Crippen LogP contribution in [0.5, 0.6) is 0 Å². The maximum Gasteiger partial charge on any atom is 0.0589 e. The first-order valence-electron chi connectivity index (χ1n) is 6.67. The SMILES string of the molecule is CCC(C)N(CCOC)Cc1cccc(N)c1C. The van der Waals surface area contributed by atoms with Gasteiger partial charge in [0.05, 0.1) is 6.61 Å². The molecule has 0 heterocycles. The van der Waals surface area contributed by atoms with Gasteiger partial charge in [0.1, 0.15) is 0 Å². The maximum absolute atomic E-state index is 5.96. The van der Waals surface area contributed by atoms with Crippen molar-refractivity contribution in [1.29, 1.82) is 0 Å². The molecular weight excluding hydrogens is 224 g/mol. The summed E-state index contributed by atoms with van der Waals surface area (Å²) in [5.41, 5.74) is 9.35. The molecule has 0 spiro atoms. The topological polar surface area (TPSA) is 38.5 Å². The molecule has 1 aromatic rings. The summed E-state index contributed by atoms with van der Waals surface area (Å²) in [7, 11) is 1.75. The van der Waals surface area contributed by atoms with E-state index in [9.17, 15) is 0 Å². The van der Waals surface area contributed by atoms with E-state index in [1.165, 1.54) is 11.1 Å². The summed E-state index contributed by atoms with van der Waals surface area (Å²) in [6.45, 7) is 9.24. The van der Waals surface area contributed by atoms with E-state index in [2.05, 4.69) is 31.7 Å². The zero-order chi connectivity index (χ0) is 13.5. The van der Waals surface area contributed by atoms with Gasteiger partial charge in [-0.25, -0.2) is 0 Å². The summed E-state index contributed by atoms with van der Waals surface area (Å²) < 4.78 is 5.19. The summed E-state index contributed by atoms with van der Waals surface area (Å²) in [6, 6.07) is 6.71. The Hall–Kier alpha value is -1.06. The van der Waals surface area contributed by atoms with Gasteiger partial charge < -0.3 is 10.5 Å². The molecule has 0 aliphatic carbocycles. The number of nitrogens with zero attached hydrogens (tertiary/aromatic N) is 1. The van der Waals surface area contributed by atoms with Crippen LogP contribution in [0, 0.1) is 6.92 Å². The van der Waals surface area contributed by atoms with Crippen LogP contribution in [0.3, 0.4) is 0 Å². The lowest BCUT2D eigenvalue weighted by Gasteiger charge is -2.29. The molecule has 0 aliphatic rings. The second kappa shape index (κ2) is 7.39. The summed E-state index contributed by atoms with van der Waals surface area (Å²) in [5.74, 6) is 0. The quantitative estimate of drug-likeness (QED) is 0.756. The highest BCUT2D eigenvalue weighted by Gasteiger charge is 2.13. The first kappa shape index (κ1) is 15.0. The molecule has 102 valence electrons. The molecule has 0 saturated heterocycles. The lowest BCUT2D eigenvalue weighted by Crippen LogP contribution is -2.35. The molecule has 0 aromatic heterocycles. The molecule has 1 rings (SSSR count). The number of nitrogens with two attached hydrogens (primary N) is 1.